The van der Waals surface area contributed by atoms with Crippen LogP contribution in [0.2, 0.25) is 0 Å². The van der Waals surface area contributed by atoms with Crippen LogP contribution >= 0.6 is 11.3 Å². The molecule has 1 atom stereocenters. The third-order valence-electron chi connectivity index (χ3n) is 3.09. The van der Waals surface area contributed by atoms with E-state index < -0.39 is 0 Å². The molecule has 0 saturated carbocycles. The van der Waals surface area contributed by atoms with Gasteiger partial charge in [0, 0.05) is 24.0 Å². The van der Waals surface area contributed by atoms with E-state index in [2.05, 4.69) is 31.3 Å². The fourth-order valence-corrected chi connectivity index (χ4v) is 2.73. The Kier molecular flexibility index (Phi) is 4.29. The molecular formula is C14H16N2O2S. The molecule has 1 unspecified atom stereocenters. The van der Waals surface area contributed by atoms with Gasteiger partial charge in [-0.1, -0.05) is 35.6 Å². The van der Waals surface area contributed by atoms with Crippen LogP contribution in [0.4, 0.5) is 5.00 Å². The zero-order chi connectivity index (χ0) is 13.8. The predicted octanol–water partition coefficient (Wildman–Crippen LogP) is 3.82. The van der Waals surface area contributed by atoms with Gasteiger partial charge in [0.1, 0.15) is 0 Å². The van der Waals surface area contributed by atoms with Crippen molar-refractivity contribution in [3.63, 3.8) is 0 Å². The molecule has 1 heterocycles. The maximum atomic E-state index is 10.6. The molecule has 4 nitrogen and oxygen atoms in total. The standard InChI is InChI=1S/C14H16N2O2S/c1-10-5-3-4-6-13(10)11(2)15-8-12-7-14(16(17)18)19-9-12/h3-7,9,11,15H,8H2,1-2H3. The number of nitrogens with one attached hydrogen (secondary N) is 1. The summed E-state index contributed by atoms with van der Waals surface area (Å²) in [6, 6.07) is 10.1. The van der Waals surface area contributed by atoms with Gasteiger partial charge < -0.3 is 5.32 Å². The first-order valence-electron chi connectivity index (χ1n) is 6.08. The fourth-order valence-electron chi connectivity index (χ4n) is 2.00. The number of hydrogen-bond donors (Lipinski definition) is 1. The Labute approximate surface area is 116 Å². The van der Waals surface area contributed by atoms with Gasteiger partial charge in [-0.3, -0.25) is 10.1 Å². The zero-order valence-electron chi connectivity index (χ0n) is 10.9. The van der Waals surface area contributed by atoms with Gasteiger partial charge in [-0.05, 0) is 30.5 Å². The van der Waals surface area contributed by atoms with E-state index in [-0.39, 0.29) is 16.0 Å². The second kappa shape index (κ2) is 5.95. The highest BCUT2D eigenvalue weighted by molar-refractivity contribution is 7.13. The van der Waals surface area contributed by atoms with E-state index in [0.29, 0.717) is 6.54 Å². The zero-order valence-corrected chi connectivity index (χ0v) is 11.7. The summed E-state index contributed by atoms with van der Waals surface area (Å²) < 4.78 is 0. The number of hydrogen-bond acceptors (Lipinski definition) is 4. The summed E-state index contributed by atoms with van der Waals surface area (Å²) in [6.45, 7) is 4.83. The molecule has 1 aromatic heterocycles. The van der Waals surface area contributed by atoms with Crippen LogP contribution < -0.4 is 5.32 Å². The lowest BCUT2D eigenvalue weighted by Crippen LogP contribution is -2.18. The van der Waals surface area contributed by atoms with Crippen molar-refractivity contribution in [2.45, 2.75) is 26.4 Å². The third kappa shape index (κ3) is 3.39. The van der Waals surface area contributed by atoms with Gasteiger partial charge in [-0.25, -0.2) is 0 Å². The molecule has 2 rings (SSSR count). The smallest absolute Gasteiger partial charge is 0.306 e. The molecule has 19 heavy (non-hydrogen) atoms. The minimum atomic E-state index is -0.348. The van der Waals surface area contributed by atoms with Crippen LogP contribution in [0, 0.1) is 17.0 Å². The Balaban J connectivity index is 1.98. The van der Waals surface area contributed by atoms with E-state index >= 15 is 0 Å². The van der Waals surface area contributed by atoms with Gasteiger partial charge in [0.15, 0.2) is 0 Å². The fraction of sp³-hybridized carbons (Fsp3) is 0.286. The Morgan fingerprint density at radius 3 is 2.79 bits per heavy atom. The van der Waals surface area contributed by atoms with E-state index in [4.69, 9.17) is 0 Å². The number of nitro groups is 1. The number of thiophene rings is 1. The summed E-state index contributed by atoms with van der Waals surface area (Å²) in [5, 5.41) is 16.0. The average Bonchev–Trinajstić information content (AvgIpc) is 2.85. The molecule has 0 saturated heterocycles. The van der Waals surface area contributed by atoms with Crippen molar-refractivity contribution in [1.82, 2.24) is 5.32 Å². The van der Waals surface area contributed by atoms with Crippen molar-refractivity contribution in [1.29, 1.82) is 0 Å². The van der Waals surface area contributed by atoms with E-state index in [1.807, 2.05) is 17.5 Å². The monoisotopic (exact) mass is 276 g/mol. The lowest BCUT2D eigenvalue weighted by Gasteiger charge is -2.15. The maximum absolute atomic E-state index is 10.6. The molecule has 5 heteroatoms. The van der Waals surface area contributed by atoms with Crippen molar-refractivity contribution < 1.29 is 4.92 Å². The highest BCUT2D eigenvalue weighted by Gasteiger charge is 2.11. The maximum Gasteiger partial charge on any atom is 0.324 e. The number of benzene rings is 1. The third-order valence-corrected chi connectivity index (χ3v) is 4.02. The summed E-state index contributed by atoms with van der Waals surface area (Å²) in [7, 11) is 0. The highest BCUT2D eigenvalue weighted by atomic mass is 32.1. The molecule has 0 fully saturated rings. The van der Waals surface area contributed by atoms with Gasteiger partial charge in [-0.2, -0.15) is 0 Å². The second-order valence-electron chi connectivity index (χ2n) is 4.51. The Hall–Kier alpha value is -1.72. The molecule has 0 aliphatic rings. The SMILES string of the molecule is Cc1ccccc1C(C)NCc1csc([N+](=O)[O-])c1. The van der Waals surface area contributed by atoms with E-state index in [1.54, 1.807) is 6.07 Å². The summed E-state index contributed by atoms with van der Waals surface area (Å²) in [6.07, 6.45) is 0. The van der Waals surface area contributed by atoms with Crippen LogP contribution in [0.15, 0.2) is 35.7 Å². The molecule has 0 amide bonds. The Bertz CT molecular complexity index is 580. The lowest BCUT2D eigenvalue weighted by atomic mass is 10.0. The van der Waals surface area contributed by atoms with Crippen molar-refractivity contribution in [2.75, 3.05) is 0 Å². The normalized spacial score (nSPS) is 12.3. The summed E-state index contributed by atoms with van der Waals surface area (Å²) >= 11 is 1.17. The molecule has 0 spiro atoms. The van der Waals surface area contributed by atoms with E-state index in [0.717, 1.165) is 5.56 Å². The van der Waals surface area contributed by atoms with Gasteiger partial charge in [-0.15, -0.1) is 0 Å². The Morgan fingerprint density at radius 2 is 2.16 bits per heavy atom. The molecule has 0 bridgehead atoms. The summed E-state index contributed by atoms with van der Waals surface area (Å²) in [5.74, 6) is 0. The predicted molar refractivity (Wildman–Crippen MR) is 77.4 cm³/mol. The van der Waals surface area contributed by atoms with E-state index in [1.165, 1.54) is 22.5 Å². The van der Waals surface area contributed by atoms with Crippen LogP contribution in [0.25, 0.3) is 0 Å². The minimum Gasteiger partial charge on any atom is -0.306 e. The van der Waals surface area contributed by atoms with Crippen LogP contribution in [-0.4, -0.2) is 4.92 Å². The average molecular weight is 276 g/mol. The number of aryl methyl sites for hydroxylation is 1. The highest BCUT2D eigenvalue weighted by Crippen LogP contribution is 2.23. The van der Waals surface area contributed by atoms with Crippen LogP contribution in [-0.2, 0) is 6.54 Å². The quantitative estimate of drug-likeness (QED) is 0.667. The largest absolute Gasteiger partial charge is 0.324 e. The molecular weight excluding hydrogens is 260 g/mol. The van der Waals surface area contributed by atoms with Crippen molar-refractivity contribution in [2.24, 2.45) is 0 Å². The second-order valence-corrected chi connectivity index (χ2v) is 5.40. The van der Waals surface area contributed by atoms with Crippen molar-refractivity contribution in [3.05, 3.63) is 62.5 Å². The molecule has 0 aliphatic carbocycles. The molecule has 1 N–H and O–H groups in total. The topological polar surface area (TPSA) is 55.2 Å². The van der Waals surface area contributed by atoms with Crippen LogP contribution in [0.1, 0.15) is 29.7 Å². The first kappa shape index (κ1) is 13.7. The lowest BCUT2D eigenvalue weighted by molar-refractivity contribution is -0.380. The van der Waals surface area contributed by atoms with Crippen molar-refractivity contribution in [3.8, 4) is 0 Å². The molecule has 2 aromatic rings. The van der Waals surface area contributed by atoms with Crippen LogP contribution in [0.3, 0.4) is 0 Å². The first-order chi connectivity index (χ1) is 9.08. The summed E-state index contributed by atoms with van der Waals surface area (Å²) in [4.78, 5) is 10.3. The van der Waals surface area contributed by atoms with Crippen molar-refractivity contribution >= 4 is 16.3 Å². The molecule has 0 radical (unpaired) electrons. The number of nitrogens with zero attached hydrogens (tertiary/aromatic N) is 1. The Morgan fingerprint density at radius 1 is 1.42 bits per heavy atom. The molecule has 0 aliphatic heterocycles. The van der Waals surface area contributed by atoms with Gasteiger partial charge in [0.05, 0.1) is 4.92 Å². The van der Waals surface area contributed by atoms with Crippen LogP contribution in [0.5, 0.6) is 0 Å². The molecule has 1 aromatic carbocycles. The van der Waals surface area contributed by atoms with E-state index in [9.17, 15) is 10.1 Å². The molecule has 100 valence electrons. The minimum absolute atomic E-state index is 0.195. The van der Waals surface area contributed by atoms with Gasteiger partial charge in [0.2, 0.25) is 0 Å². The number of rotatable bonds is 5. The summed E-state index contributed by atoms with van der Waals surface area (Å²) in [5.41, 5.74) is 3.46. The first-order valence-corrected chi connectivity index (χ1v) is 6.96. The van der Waals surface area contributed by atoms with Gasteiger partial charge >= 0.3 is 5.00 Å². The van der Waals surface area contributed by atoms with Gasteiger partial charge in [0.25, 0.3) is 0 Å².